The molecular formula is C18H11ClN2. The molecule has 0 aliphatic heterocycles. The average Bonchev–Trinajstić information content (AvgIpc) is 2.56. The first kappa shape index (κ1) is 13.4. The highest BCUT2D eigenvalue weighted by atomic mass is 35.5. The van der Waals surface area contributed by atoms with Crippen LogP contribution in [0.25, 0.3) is 21.4 Å². The van der Waals surface area contributed by atoms with Gasteiger partial charge in [-0.2, -0.15) is 5.26 Å². The fraction of sp³-hybridized carbons (Fsp3) is 0. The van der Waals surface area contributed by atoms with Crippen LogP contribution in [0.15, 0.2) is 67.0 Å². The van der Waals surface area contributed by atoms with Gasteiger partial charge >= 0.3 is 0 Å². The van der Waals surface area contributed by atoms with E-state index in [-0.39, 0.29) is 0 Å². The summed E-state index contributed by atoms with van der Waals surface area (Å²) in [6.07, 6.45) is 3.32. The van der Waals surface area contributed by atoms with Gasteiger partial charge in [0.1, 0.15) is 6.07 Å². The molecule has 0 aliphatic rings. The van der Waals surface area contributed by atoms with Gasteiger partial charge < -0.3 is 0 Å². The van der Waals surface area contributed by atoms with Gasteiger partial charge in [0.2, 0.25) is 0 Å². The number of hydrogen-bond acceptors (Lipinski definition) is 2. The molecule has 0 amide bonds. The molecule has 2 aromatic carbocycles. The third-order valence-corrected chi connectivity index (χ3v) is 3.70. The maximum atomic E-state index is 9.46. The van der Waals surface area contributed by atoms with Crippen LogP contribution in [0.5, 0.6) is 0 Å². The highest BCUT2D eigenvalue weighted by Crippen LogP contribution is 2.33. The Morgan fingerprint density at radius 3 is 2.57 bits per heavy atom. The second-order valence-electron chi connectivity index (χ2n) is 4.57. The summed E-state index contributed by atoms with van der Waals surface area (Å²) >= 11 is 6.52. The van der Waals surface area contributed by atoms with Gasteiger partial charge in [-0.25, -0.2) is 0 Å². The summed E-state index contributed by atoms with van der Waals surface area (Å²) in [4.78, 5) is 4.05. The van der Waals surface area contributed by atoms with Crippen LogP contribution in [-0.2, 0) is 0 Å². The van der Waals surface area contributed by atoms with Crippen molar-refractivity contribution in [1.29, 1.82) is 5.26 Å². The molecular weight excluding hydrogens is 280 g/mol. The van der Waals surface area contributed by atoms with Gasteiger partial charge in [0, 0.05) is 23.5 Å². The van der Waals surface area contributed by atoms with Gasteiger partial charge in [-0.1, -0.05) is 60.1 Å². The standard InChI is InChI=1S/C18H11ClN2/c19-18(17(11-20)14-7-4-10-21-12-14)16-9-3-6-13-5-1-2-8-15(13)16/h1-10,12H/b18-17-. The molecule has 0 saturated heterocycles. The third kappa shape index (κ3) is 2.52. The maximum absolute atomic E-state index is 9.46. The van der Waals surface area contributed by atoms with Crippen molar-refractivity contribution < 1.29 is 0 Å². The number of hydrogen-bond donors (Lipinski definition) is 0. The summed E-state index contributed by atoms with van der Waals surface area (Å²) in [6, 6.07) is 19.7. The van der Waals surface area contributed by atoms with Crippen molar-refractivity contribution in [2.45, 2.75) is 0 Å². The molecule has 0 unspecified atom stereocenters. The van der Waals surface area contributed by atoms with Crippen LogP contribution in [0.2, 0.25) is 0 Å². The number of aromatic nitrogens is 1. The highest BCUT2D eigenvalue weighted by molar-refractivity contribution is 6.54. The van der Waals surface area contributed by atoms with Gasteiger partial charge in [-0.3, -0.25) is 4.98 Å². The minimum Gasteiger partial charge on any atom is -0.264 e. The zero-order valence-corrected chi connectivity index (χ0v) is 11.9. The second-order valence-corrected chi connectivity index (χ2v) is 4.95. The first-order valence-electron chi connectivity index (χ1n) is 6.49. The number of fused-ring (bicyclic) bond motifs is 1. The Hall–Kier alpha value is -2.63. The Balaban J connectivity index is 2.26. The largest absolute Gasteiger partial charge is 0.264 e. The Morgan fingerprint density at radius 2 is 1.81 bits per heavy atom. The molecule has 3 aromatic rings. The van der Waals surface area contributed by atoms with E-state index in [1.807, 2.05) is 48.5 Å². The molecule has 1 aromatic heterocycles. The zero-order chi connectivity index (χ0) is 14.7. The lowest BCUT2D eigenvalue weighted by Gasteiger charge is -2.08. The second kappa shape index (κ2) is 5.78. The smallest absolute Gasteiger partial charge is 0.101 e. The van der Waals surface area contributed by atoms with E-state index in [4.69, 9.17) is 11.6 Å². The van der Waals surface area contributed by atoms with Gasteiger partial charge in [0.05, 0.1) is 10.6 Å². The van der Waals surface area contributed by atoms with E-state index in [2.05, 4.69) is 11.1 Å². The van der Waals surface area contributed by atoms with E-state index in [1.54, 1.807) is 18.5 Å². The molecule has 0 aliphatic carbocycles. The number of allylic oxidation sites excluding steroid dienone is 1. The van der Waals surface area contributed by atoms with Crippen LogP contribution in [0.4, 0.5) is 0 Å². The zero-order valence-electron chi connectivity index (χ0n) is 11.1. The Morgan fingerprint density at radius 1 is 1.00 bits per heavy atom. The van der Waals surface area contributed by atoms with Crippen LogP contribution >= 0.6 is 11.6 Å². The topological polar surface area (TPSA) is 36.7 Å². The molecule has 3 heteroatoms. The van der Waals surface area contributed by atoms with Gasteiger partial charge in [0.25, 0.3) is 0 Å². The summed E-state index contributed by atoms with van der Waals surface area (Å²) in [5.74, 6) is 0. The Kier molecular flexibility index (Phi) is 3.68. The molecule has 0 N–H and O–H groups in total. The van der Waals surface area contributed by atoms with Crippen molar-refractivity contribution in [2.24, 2.45) is 0 Å². The van der Waals surface area contributed by atoms with Gasteiger partial charge in [-0.05, 0) is 16.8 Å². The van der Waals surface area contributed by atoms with Crippen molar-refractivity contribution >= 4 is 33.0 Å². The lowest BCUT2D eigenvalue weighted by Crippen LogP contribution is -1.88. The summed E-state index contributed by atoms with van der Waals surface area (Å²) in [5, 5.41) is 12.0. The van der Waals surface area contributed by atoms with Crippen molar-refractivity contribution in [1.82, 2.24) is 4.98 Å². The van der Waals surface area contributed by atoms with Crippen molar-refractivity contribution in [3.63, 3.8) is 0 Å². The maximum Gasteiger partial charge on any atom is 0.101 e. The van der Waals surface area contributed by atoms with Crippen molar-refractivity contribution in [3.8, 4) is 6.07 Å². The summed E-state index contributed by atoms with van der Waals surface area (Å²) in [6.45, 7) is 0. The van der Waals surface area contributed by atoms with E-state index in [9.17, 15) is 5.26 Å². The van der Waals surface area contributed by atoms with E-state index in [0.717, 1.165) is 21.9 Å². The summed E-state index contributed by atoms with van der Waals surface area (Å²) in [7, 11) is 0. The number of halogens is 1. The fourth-order valence-electron chi connectivity index (χ4n) is 2.30. The van der Waals surface area contributed by atoms with E-state index in [1.165, 1.54) is 0 Å². The first-order chi connectivity index (χ1) is 10.3. The van der Waals surface area contributed by atoms with E-state index in [0.29, 0.717) is 10.6 Å². The predicted molar refractivity (Wildman–Crippen MR) is 86.5 cm³/mol. The number of rotatable bonds is 2. The Bertz CT molecular complexity index is 856. The normalized spacial score (nSPS) is 11.8. The lowest BCUT2D eigenvalue weighted by atomic mass is 10.00. The molecule has 0 atom stereocenters. The monoisotopic (exact) mass is 290 g/mol. The minimum absolute atomic E-state index is 0.432. The molecule has 0 fully saturated rings. The molecule has 3 rings (SSSR count). The number of nitriles is 1. The molecule has 0 radical (unpaired) electrons. The molecule has 100 valence electrons. The summed E-state index contributed by atoms with van der Waals surface area (Å²) in [5.41, 5.74) is 2.01. The average molecular weight is 291 g/mol. The predicted octanol–water partition coefficient (Wildman–Crippen LogP) is 4.87. The molecule has 0 spiro atoms. The summed E-state index contributed by atoms with van der Waals surface area (Å²) < 4.78 is 0. The molecule has 2 nitrogen and oxygen atoms in total. The molecule has 21 heavy (non-hydrogen) atoms. The van der Waals surface area contributed by atoms with Gasteiger partial charge in [0.15, 0.2) is 0 Å². The molecule has 0 saturated carbocycles. The lowest BCUT2D eigenvalue weighted by molar-refractivity contribution is 1.31. The third-order valence-electron chi connectivity index (χ3n) is 3.31. The van der Waals surface area contributed by atoms with E-state index < -0.39 is 0 Å². The van der Waals surface area contributed by atoms with Crippen LogP contribution in [0.3, 0.4) is 0 Å². The van der Waals surface area contributed by atoms with Crippen LogP contribution < -0.4 is 0 Å². The highest BCUT2D eigenvalue weighted by Gasteiger charge is 2.12. The SMILES string of the molecule is N#C/C(=C(/Cl)c1cccc2ccccc12)c1cccnc1. The molecule has 1 heterocycles. The van der Waals surface area contributed by atoms with Crippen LogP contribution in [-0.4, -0.2) is 4.98 Å². The van der Waals surface area contributed by atoms with Gasteiger partial charge in [-0.15, -0.1) is 0 Å². The van der Waals surface area contributed by atoms with Crippen molar-refractivity contribution in [2.75, 3.05) is 0 Å². The number of nitrogens with zero attached hydrogens (tertiary/aromatic N) is 2. The molecule has 0 bridgehead atoms. The Labute approximate surface area is 127 Å². The van der Waals surface area contributed by atoms with Crippen molar-refractivity contribution in [3.05, 3.63) is 78.1 Å². The number of pyridine rings is 1. The fourth-order valence-corrected chi connectivity index (χ4v) is 2.62. The van der Waals surface area contributed by atoms with E-state index >= 15 is 0 Å². The first-order valence-corrected chi connectivity index (χ1v) is 6.87. The quantitative estimate of drug-likeness (QED) is 0.632. The minimum atomic E-state index is 0.432. The number of benzene rings is 2. The van der Waals surface area contributed by atoms with Crippen LogP contribution in [0, 0.1) is 11.3 Å². The van der Waals surface area contributed by atoms with Crippen LogP contribution in [0.1, 0.15) is 11.1 Å².